The molecular formula is C26H34N4O4S. The lowest BCUT2D eigenvalue weighted by Gasteiger charge is -2.31. The Morgan fingerprint density at radius 3 is 2.60 bits per heavy atom. The Morgan fingerprint density at radius 1 is 1.17 bits per heavy atom. The van der Waals surface area contributed by atoms with Gasteiger partial charge < -0.3 is 15.0 Å². The number of aromatic nitrogens is 2. The molecule has 0 aliphatic carbocycles. The van der Waals surface area contributed by atoms with Gasteiger partial charge in [-0.2, -0.15) is 4.31 Å². The van der Waals surface area contributed by atoms with E-state index in [0.717, 1.165) is 43.0 Å². The fourth-order valence-electron chi connectivity index (χ4n) is 4.50. The highest BCUT2D eigenvalue weighted by molar-refractivity contribution is 7.89. The van der Waals surface area contributed by atoms with Gasteiger partial charge in [0.25, 0.3) is 5.91 Å². The summed E-state index contributed by atoms with van der Waals surface area (Å²) < 4.78 is 33.2. The van der Waals surface area contributed by atoms with E-state index in [1.54, 1.807) is 41.0 Å². The molecule has 4 rings (SSSR count). The van der Waals surface area contributed by atoms with Gasteiger partial charge in [0.15, 0.2) is 0 Å². The molecule has 1 amide bonds. The molecule has 0 unspecified atom stereocenters. The predicted molar refractivity (Wildman–Crippen MR) is 136 cm³/mol. The van der Waals surface area contributed by atoms with Crippen LogP contribution in [-0.4, -0.2) is 54.3 Å². The van der Waals surface area contributed by atoms with Crippen molar-refractivity contribution in [3.63, 3.8) is 0 Å². The number of sulfonamides is 1. The number of nitrogens with one attached hydrogen (secondary N) is 2. The van der Waals surface area contributed by atoms with E-state index < -0.39 is 10.0 Å². The number of ether oxygens (including phenoxy) is 1. The highest BCUT2D eigenvalue weighted by atomic mass is 32.2. The second-order valence-corrected chi connectivity index (χ2v) is 11.3. The van der Waals surface area contributed by atoms with E-state index in [4.69, 9.17) is 4.74 Å². The number of hydrogen-bond donors (Lipinski definition) is 2. The van der Waals surface area contributed by atoms with Crippen LogP contribution in [0.4, 0.5) is 0 Å². The molecule has 0 radical (unpaired) electrons. The van der Waals surface area contributed by atoms with E-state index in [9.17, 15) is 13.2 Å². The monoisotopic (exact) mass is 498 g/mol. The smallest absolute Gasteiger partial charge is 0.267 e. The van der Waals surface area contributed by atoms with E-state index in [1.807, 2.05) is 26.0 Å². The van der Waals surface area contributed by atoms with Crippen LogP contribution < -0.4 is 10.1 Å². The maximum atomic E-state index is 13.0. The Kier molecular flexibility index (Phi) is 8.07. The van der Waals surface area contributed by atoms with Crippen molar-refractivity contribution in [3.8, 4) is 5.75 Å². The van der Waals surface area contributed by atoms with Gasteiger partial charge in [-0.25, -0.2) is 8.42 Å². The summed E-state index contributed by atoms with van der Waals surface area (Å²) >= 11 is 0. The van der Waals surface area contributed by atoms with Gasteiger partial charge in [-0.1, -0.05) is 12.8 Å². The summed E-state index contributed by atoms with van der Waals surface area (Å²) in [7, 11) is -3.48. The molecule has 3 heterocycles. The lowest BCUT2D eigenvalue weighted by molar-refractivity contribution is 0.0948. The number of piperidine rings is 1. The maximum Gasteiger partial charge on any atom is 0.267 e. The van der Waals surface area contributed by atoms with Crippen LogP contribution in [0.3, 0.4) is 0 Å². The second-order valence-electron chi connectivity index (χ2n) is 9.38. The SMILES string of the molecule is CC(C)Oc1ccc(S(=O)(=O)N2CCC(CCCCNC(=O)c3cc4cnccc4[nH]3)CC2)cc1. The first-order valence-electron chi connectivity index (χ1n) is 12.3. The third-order valence-electron chi connectivity index (χ3n) is 6.40. The molecule has 0 saturated carbocycles. The van der Waals surface area contributed by atoms with E-state index >= 15 is 0 Å². The van der Waals surface area contributed by atoms with Gasteiger partial charge in [-0.15, -0.1) is 0 Å². The molecule has 188 valence electrons. The molecule has 0 bridgehead atoms. The van der Waals surface area contributed by atoms with Gasteiger partial charge in [0.05, 0.1) is 11.0 Å². The van der Waals surface area contributed by atoms with Gasteiger partial charge in [0, 0.05) is 42.9 Å². The van der Waals surface area contributed by atoms with Crippen molar-refractivity contribution in [2.75, 3.05) is 19.6 Å². The van der Waals surface area contributed by atoms with Crippen LogP contribution in [0.1, 0.15) is 56.4 Å². The van der Waals surface area contributed by atoms with E-state index in [0.29, 0.717) is 41.9 Å². The lowest BCUT2D eigenvalue weighted by atomic mass is 9.92. The number of pyridine rings is 1. The number of carbonyl (C=O) groups excluding carboxylic acids is 1. The van der Waals surface area contributed by atoms with E-state index in [-0.39, 0.29) is 12.0 Å². The van der Waals surface area contributed by atoms with Crippen molar-refractivity contribution in [3.05, 3.63) is 54.5 Å². The van der Waals surface area contributed by atoms with Crippen molar-refractivity contribution in [2.45, 2.75) is 57.0 Å². The minimum Gasteiger partial charge on any atom is -0.491 e. The lowest BCUT2D eigenvalue weighted by Crippen LogP contribution is -2.38. The number of H-pyrrole nitrogens is 1. The van der Waals surface area contributed by atoms with Crippen LogP contribution in [0.2, 0.25) is 0 Å². The Morgan fingerprint density at radius 2 is 1.91 bits per heavy atom. The Balaban J connectivity index is 1.16. The number of aromatic amines is 1. The molecule has 2 aromatic heterocycles. The summed E-state index contributed by atoms with van der Waals surface area (Å²) in [6, 6.07) is 10.3. The van der Waals surface area contributed by atoms with Crippen LogP contribution in [0, 0.1) is 5.92 Å². The molecular weight excluding hydrogens is 464 g/mol. The van der Waals surface area contributed by atoms with Gasteiger partial charge in [-0.3, -0.25) is 9.78 Å². The maximum absolute atomic E-state index is 13.0. The van der Waals surface area contributed by atoms with Gasteiger partial charge in [0.1, 0.15) is 11.4 Å². The van der Waals surface area contributed by atoms with Crippen molar-refractivity contribution in [2.24, 2.45) is 5.92 Å². The van der Waals surface area contributed by atoms with Crippen molar-refractivity contribution < 1.29 is 17.9 Å². The molecule has 3 aromatic rings. The Hall–Kier alpha value is -2.91. The van der Waals surface area contributed by atoms with Gasteiger partial charge >= 0.3 is 0 Å². The summed E-state index contributed by atoms with van der Waals surface area (Å²) in [5.74, 6) is 1.08. The van der Waals surface area contributed by atoms with E-state index in [2.05, 4.69) is 15.3 Å². The minimum absolute atomic E-state index is 0.0464. The van der Waals surface area contributed by atoms with Crippen LogP contribution in [0.5, 0.6) is 5.75 Å². The molecule has 1 saturated heterocycles. The molecule has 1 aromatic carbocycles. The average Bonchev–Trinajstić information content (AvgIpc) is 3.29. The number of benzene rings is 1. The number of amides is 1. The first kappa shape index (κ1) is 25.2. The molecule has 8 nitrogen and oxygen atoms in total. The summed E-state index contributed by atoms with van der Waals surface area (Å²) in [6.45, 7) is 5.59. The third kappa shape index (κ3) is 6.41. The Bertz CT molecular complexity index is 1200. The number of hydrogen-bond acceptors (Lipinski definition) is 5. The first-order chi connectivity index (χ1) is 16.8. The van der Waals surface area contributed by atoms with Crippen molar-refractivity contribution in [1.29, 1.82) is 0 Å². The third-order valence-corrected chi connectivity index (χ3v) is 8.31. The number of rotatable bonds is 10. The second kappa shape index (κ2) is 11.2. The molecule has 1 fully saturated rings. The predicted octanol–water partition coefficient (Wildman–Crippen LogP) is 4.35. The molecule has 1 aliphatic rings. The number of nitrogens with zero attached hydrogens (tertiary/aromatic N) is 2. The number of unbranched alkanes of at least 4 members (excludes halogenated alkanes) is 1. The highest BCUT2D eigenvalue weighted by Crippen LogP contribution is 2.27. The average molecular weight is 499 g/mol. The van der Waals surface area contributed by atoms with Crippen molar-refractivity contribution >= 4 is 26.8 Å². The van der Waals surface area contributed by atoms with Crippen LogP contribution in [0.15, 0.2) is 53.7 Å². The summed E-state index contributed by atoms with van der Waals surface area (Å²) in [6.07, 6.45) is 8.15. The van der Waals surface area contributed by atoms with Crippen LogP contribution >= 0.6 is 0 Å². The Labute approximate surface area is 207 Å². The quantitative estimate of drug-likeness (QED) is 0.405. The first-order valence-corrected chi connectivity index (χ1v) is 13.7. The van der Waals surface area contributed by atoms with Crippen LogP contribution in [0.25, 0.3) is 10.9 Å². The van der Waals surface area contributed by atoms with Gasteiger partial charge in [-0.05, 0) is 75.4 Å². The molecule has 35 heavy (non-hydrogen) atoms. The zero-order valence-corrected chi connectivity index (χ0v) is 21.2. The van der Waals surface area contributed by atoms with Crippen molar-refractivity contribution in [1.82, 2.24) is 19.6 Å². The fourth-order valence-corrected chi connectivity index (χ4v) is 5.97. The fraction of sp³-hybridized carbons (Fsp3) is 0.462. The zero-order valence-electron chi connectivity index (χ0n) is 20.4. The standard InChI is InChI=1S/C26H34N4O4S/c1-19(2)34-22-6-8-23(9-7-22)35(32,33)30-15-11-20(12-16-30)5-3-4-13-28-26(31)25-17-21-18-27-14-10-24(21)29-25/h6-10,14,17-20,29H,3-5,11-13,15-16H2,1-2H3,(H,28,31). The molecule has 9 heteroatoms. The number of fused-ring (bicyclic) bond motifs is 1. The summed E-state index contributed by atoms with van der Waals surface area (Å²) in [5.41, 5.74) is 1.44. The summed E-state index contributed by atoms with van der Waals surface area (Å²) in [5, 5.41) is 3.89. The number of carbonyl (C=O) groups is 1. The largest absolute Gasteiger partial charge is 0.491 e. The molecule has 0 atom stereocenters. The topological polar surface area (TPSA) is 104 Å². The normalized spacial score (nSPS) is 15.5. The van der Waals surface area contributed by atoms with Gasteiger partial charge in [0.2, 0.25) is 10.0 Å². The molecule has 2 N–H and O–H groups in total. The van der Waals surface area contributed by atoms with Crippen LogP contribution in [-0.2, 0) is 10.0 Å². The highest BCUT2D eigenvalue weighted by Gasteiger charge is 2.29. The molecule has 0 spiro atoms. The summed E-state index contributed by atoms with van der Waals surface area (Å²) in [4.78, 5) is 19.9. The van der Waals surface area contributed by atoms with E-state index in [1.165, 1.54) is 0 Å². The zero-order chi connectivity index (χ0) is 24.8. The molecule has 1 aliphatic heterocycles. The minimum atomic E-state index is -3.48.